The van der Waals surface area contributed by atoms with E-state index in [-0.39, 0.29) is 18.3 Å². The quantitative estimate of drug-likeness (QED) is 0.861. The second-order valence-corrected chi connectivity index (χ2v) is 6.53. The van der Waals surface area contributed by atoms with E-state index < -0.39 is 0 Å². The molecule has 25 heavy (non-hydrogen) atoms. The van der Waals surface area contributed by atoms with Gasteiger partial charge in [-0.3, -0.25) is 4.79 Å². The smallest absolute Gasteiger partial charge is 0.276 e. The van der Waals surface area contributed by atoms with Gasteiger partial charge >= 0.3 is 0 Å². The number of nitrogens with one attached hydrogen (secondary N) is 1. The van der Waals surface area contributed by atoms with Crippen LogP contribution in [0.5, 0.6) is 0 Å². The van der Waals surface area contributed by atoms with Crippen LogP contribution in [0.15, 0.2) is 24.3 Å². The van der Waals surface area contributed by atoms with E-state index in [1.807, 2.05) is 43.1 Å². The number of benzene rings is 1. The zero-order valence-corrected chi connectivity index (χ0v) is 16.0. The van der Waals surface area contributed by atoms with Crippen molar-refractivity contribution in [1.29, 1.82) is 0 Å². The van der Waals surface area contributed by atoms with Crippen LogP contribution in [0.1, 0.15) is 29.5 Å². The largest absolute Gasteiger partial charge is 0.337 e. The molecule has 0 bridgehead atoms. The Hall–Kier alpha value is -1.63. The van der Waals surface area contributed by atoms with Gasteiger partial charge in [-0.25, -0.2) is 4.68 Å². The zero-order chi connectivity index (χ0) is 17.1. The molecule has 0 radical (unpaired) electrons. The fraction of sp³-hybridized carbons (Fsp3) is 0.471. The molecule has 3 rings (SSSR count). The summed E-state index contributed by atoms with van der Waals surface area (Å²) in [6.07, 6.45) is 1.70. The molecule has 2 aromatic rings. The van der Waals surface area contributed by atoms with Crippen molar-refractivity contribution in [2.24, 2.45) is 5.92 Å². The van der Waals surface area contributed by atoms with Crippen LogP contribution in [0.4, 0.5) is 0 Å². The van der Waals surface area contributed by atoms with E-state index in [4.69, 9.17) is 11.6 Å². The normalized spacial score (nSPS) is 16.8. The number of carbonyl (C=O) groups is 1. The van der Waals surface area contributed by atoms with Crippen molar-refractivity contribution in [3.8, 4) is 5.69 Å². The third-order valence-corrected chi connectivity index (χ3v) is 4.65. The maximum Gasteiger partial charge on any atom is 0.276 e. The predicted molar refractivity (Wildman–Crippen MR) is 101 cm³/mol. The maximum atomic E-state index is 12.9. The third-order valence-electron chi connectivity index (χ3n) is 4.42. The molecule has 8 heteroatoms. The predicted octanol–water partition coefficient (Wildman–Crippen LogP) is 2.59. The summed E-state index contributed by atoms with van der Waals surface area (Å²) in [5.74, 6) is 0.478. The Kier molecular flexibility index (Phi) is 6.81. The van der Waals surface area contributed by atoms with Crippen LogP contribution in [0.25, 0.3) is 5.69 Å². The summed E-state index contributed by atoms with van der Waals surface area (Å²) in [5.41, 5.74) is 2.09. The van der Waals surface area contributed by atoms with Crippen LogP contribution in [-0.2, 0) is 6.42 Å². The minimum atomic E-state index is -0.0290. The molecule has 6 nitrogen and oxygen atoms in total. The Labute approximate surface area is 158 Å². The van der Waals surface area contributed by atoms with Crippen LogP contribution in [-0.4, -0.2) is 52.5 Å². The first-order valence-electron chi connectivity index (χ1n) is 8.28. The van der Waals surface area contributed by atoms with Crippen molar-refractivity contribution in [3.63, 3.8) is 0 Å². The van der Waals surface area contributed by atoms with Crippen LogP contribution in [0.2, 0.25) is 5.02 Å². The molecule has 136 valence electrons. The Morgan fingerprint density at radius 3 is 2.92 bits per heavy atom. The Morgan fingerprint density at radius 1 is 1.44 bits per heavy atom. The lowest BCUT2D eigenvalue weighted by Gasteiger charge is -2.16. The highest BCUT2D eigenvalue weighted by Crippen LogP contribution is 2.21. The molecular weight excluding hydrogens is 361 g/mol. The number of nitrogens with zero attached hydrogens (tertiary/aromatic N) is 4. The van der Waals surface area contributed by atoms with E-state index in [9.17, 15) is 4.79 Å². The minimum Gasteiger partial charge on any atom is -0.337 e. The lowest BCUT2D eigenvalue weighted by Crippen LogP contribution is -2.31. The number of halogens is 2. The summed E-state index contributed by atoms with van der Waals surface area (Å²) in [6.45, 7) is 4.48. The van der Waals surface area contributed by atoms with E-state index in [1.165, 1.54) is 0 Å². The summed E-state index contributed by atoms with van der Waals surface area (Å²) in [4.78, 5) is 14.7. The van der Waals surface area contributed by atoms with Gasteiger partial charge in [-0.1, -0.05) is 29.8 Å². The fourth-order valence-electron chi connectivity index (χ4n) is 3.22. The van der Waals surface area contributed by atoms with Crippen molar-refractivity contribution in [2.75, 3.05) is 26.7 Å². The number of rotatable bonds is 5. The Balaban J connectivity index is 0.00000225. The summed E-state index contributed by atoms with van der Waals surface area (Å²) in [7, 11) is 1.94. The zero-order valence-electron chi connectivity index (χ0n) is 14.4. The van der Waals surface area contributed by atoms with Gasteiger partial charge < -0.3 is 10.2 Å². The van der Waals surface area contributed by atoms with Crippen LogP contribution in [0.3, 0.4) is 0 Å². The third kappa shape index (κ3) is 4.14. The first-order chi connectivity index (χ1) is 11.6. The second-order valence-electron chi connectivity index (χ2n) is 6.09. The highest BCUT2D eigenvalue weighted by atomic mass is 35.5. The highest BCUT2D eigenvalue weighted by Gasteiger charge is 2.30. The SMILES string of the molecule is CCc1c(C(=O)N2CCC(CNC)C2)nnn1-c1cccc(Cl)c1.Cl. The molecule has 2 heterocycles. The number of carbonyl (C=O) groups excluding carboxylic acids is 1. The molecule has 1 amide bonds. The first kappa shape index (κ1) is 19.7. The van der Waals surface area contributed by atoms with Crippen molar-refractivity contribution >= 4 is 29.9 Å². The molecular formula is C17H23Cl2N5O. The standard InChI is InChI=1S/C17H22ClN5O.ClH/c1-3-15-16(17(24)22-8-7-12(11-22)10-19-2)20-21-23(15)14-6-4-5-13(18)9-14;/h4-6,9,12,19H,3,7-8,10-11H2,1-2H3;1H. The van der Waals surface area contributed by atoms with Crippen molar-refractivity contribution in [1.82, 2.24) is 25.2 Å². The van der Waals surface area contributed by atoms with Gasteiger partial charge in [0.05, 0.1) is 11.4 Å². The van der Waals surface area contributed by atoms with Crippen LogP contribution < -0.4 is 5.32 Å². The maximum absolute atomic E-state index is 12.9. The Bertz CT molecular complexity index is 734. The minimum absolute atomic E-state index is 0. The van der Waals surface area contributed by atoms with Crippen LogP contribution >= 0.6 is 24.0 Å². The van der Waals surface area contributed by atoms with Gasteiger partial charge in [0.15, 0.2) is 5.69 Å². The molecule has 1 N–H and O–H groups in total. The molecule has 0 aliphatic carbocycles. The van der Waals surface area contributed by atoms with Crippen molar-refractivity contribution < 1.29 is 4.79 Å². The van der Waals surface area contributed by atoms with E-state index in [2.05, 4.69) is 15.6 Å². The van der Waals surface area contributed by atoms with Crippen LogP contribution in [0, 0.1) is 5.92 Å². The molecule has 1 aliphatic heterocycles. The highest BCUT2D eigenvalue weighted by molar-refractivity contribution is 6.30. The molecule has 1 aromatic heterocycles. The van der Waals surface area contributed by atoms with Gasteiger partial charge in [0.1, 0.15) is 0 Å². The van der Waals surface area contributed by atoms with E-state index in [0.29, 0.717) is 23.1 Å². The van der Waals surface area contributed by atoms with Gasteiger partial charge in [-0.2, -0.15) is 0 Å². The first-order valence-corrected chi connectivity index (χ1v) is 8.66. The average molecular weight is 384 g/mol. The lowest BCUT2D eigenvalue weighted by atomic mass is 10.1. The van der Waals surface area contributed by atoms with E-state index >= 15 is 0 Å². The lowest BCUT2D eigenvalue weighted by molar-refractivity contribution is 0.0780. The van der Waals surface area contributed by atoms with Crippen molar-refractivity contribution in [2.45, 2.75) is 19.8 Å². The summed E-state index contributed by atoms with van der Waals surface area (Å²) in [5, 5.41) is 12.2. The average Bonchev–Trinajstić information content (AvgIpc) is 3.21. The molecule has 1 fully saturated rings. The number of aromatic nitrogens is 3. The van der Waals surface area contributed by atoms with Gasteiger partial charge in [0, 0.05) is 18.1 Å². The second kappa shape index (κ2) is 8.65. The molecule has 0 spiro atoms. The molecule has 1 aliphatic rings. The summed E-state index contributed by atoms with van der Waals surface area (Å²) < 4.78 is 1.71. The number of amides is 1. The van der Waals surface area contributed by atoms with Gasteiger partial charge in [0.25, 0.3) is 5.91 Å². The van der Waals surface area contributed by atoms with Gasteiger partial charge in [-0.05, 0) is 50.6 Å². The molecule has 1 unspecified atom stereocenters. The molecule has 1 atom stereocenters. The number of likely N-dealkylation sites (tertiary alicyclic amines) is 1. The van der Waals surface area contributed by atoms with E-state index in [1.54, 1.807) is 4.68 Å². The number of hydrogen-bond acceptors (Lipinski definition) is 4. The molecule has 1 saturated heterocycles. The summed E-state index contributed by atoms with van der Waals surface area (Å²) >= 11 is 6.07. The monoisotopic (exact) mass is 383 g/mol. The van der Waals surface area contributed by atoms with E-state index in [0.717, 1.165) is 37.4 Å². The Morgan fingerprint density at radius 2 is 2.24 bits per heavy atom. The topological polar surface area (TPSA) is 63.1 Å². The molecule has 1 aromatic carbocycles. The molecule has 0 saturated carbocycles. The fourth-order valence-corrected chi connectivity index (χ4v) is 3.41. The van der Waals surface area contributed by atoms with Gasteiger partial charge in [0.2, 0.25) is 0 Å². The van der Waals surface area contributed by atoms with Crippen molar-refractivity contribution in [3.05, 3.63) is 40.7 Å². The van der Waals surface area contributed by atoms with Gasteiger partial charge in [-0.15, -0.1) is 17.5 Å². The summed E-state index contributed by atoms with van der Waals surface area (Å²) in [6, 6.07) is 7.41. The number of hydrogen-bond donors (Lipinski definition) is 1.